The zero-order valence-corrected chi connectivity index (χ0v) is 21.4. The molecule has 0 aliphatic rings. The quantitative estimate of drug-likeness (QED) is 0.212. The lowest BCUT2D eigenvalue weighted by Crippen LogP contribution is -2.01. The van der Waals surface area contributed by atoms with E-state index in [2.05, 4.69) is 0 Å². The molecule has 0 saturated carbocycles. The second-order valence-electron chi connectivity index (χ2n) is 8.66. The maximum absolute atomic E-state index is 12.9. The Hall–Kier alpha value is -4.96. The Kier molecular flexibility index (Phi) is 8.47. The van der Waals surface area contributed by atoms with E-state index in [-0.39, 0.29) is 5.78 Å². The van der Waals surface area contributed by atoms with E-state index in [9.17, 15) is 4.79 Å². The van der Waals surface area contributed by atoms with Gasteiger partial charge in [-0.2, -0.15) is 0 Å². The monoisotopic (exact) mass is 500 g/mol. The molecule has 4 nitrogen and oxygen atoms in total. The summed E-state index contributed by atoms with van der Waals surface area (Å²) in [6.45, 7) is 4.01. The SMILES string of the molecule is C=O.COc1ccc(-c2ccc(Oc3ccc(-c4cccc(C(=O)c5ccc(C)cc5)c4)cc3)cc2)cc1. The van der Waals surface area contributed by atoms with Gasteiger partial charge in [0.15, 0.2) is 5.78 Å². The highest BCUT2D eigenvalue weighted by atomic mass is 16.5. The largest absolute Gasteiger partial charge is 0.497 e. The standard InChI is InChI=1S/C33H26O3.CH2O/c1-23-6-8-27(9-7-23)33(34)29-5-3-4-28(22-29)26-14-20-32(21-15-26)36-31-18-12-25(13-19-31)24-10-16-30(35-2)17-11-24;1-2/h3-22H,1-2H3;1H2. The normalized spacial score (nSPS) is 10.2. The van der Waals surface area contributed by atoms with Gasteiger partial charge in [-0.1, -0.05) is 84.4 Å². The average Bonchev–Trinajstić information content (AvgIpc) is 2.99. The predicted molar refractivity (Wildman–Crippen MR) is 152 cm³/mol. The number of carbonyl (C=O) groups is 2. The van der Waals surface area contributed by atoms with Gasteiger partial charge in [0.2, 0.25) is 0 Å². The fourth-order valence-corrected chi connectivity index (χ4v) is 4.06. The van der Waals surface area contributed by atoms with Gasteiger partial charge in [0.25, 0.3) is 0 Å². The van der Waals surface area contributed by atoms with Crippen LogP contribution in [0.25, 0.3) is 22.3 Å². The molecule has 0 radical (unpaired) electrons. The van der Waals surface area contributed by atoms with Gasteiger partial charge < -0.3 is 14.3 Å². The van der Waals surface area contributed by atoms with Crippen LogP contribution < -0.4 is 9.47 Å². The molecule has 0 aromatic heterocycles. The fourth-order valence-electron chi connectivity index (χ4n) is 4.06. The predicted octanol–water partition coefficient (Wildman–Crippen LogP) is 8.18. The third-order valence-corrected chi connectivity index (χ3v) is 6.14. The molecule has 0 N–H and O–H groups in total. The summed E-state index contributed by atoms with van der Waals surface area (Å²) in [4.78, 5) is 20.9. The van der Waals surface area contributed by atoms with E-state index in [4.69, 9.17) is 14.3 Å². The number of ketones is 1. The van der Waals surface area contributed by atoms with Crippen molar-refractivity contribution in [3.63, 3.8) is 0 Å². The Balaban J connectivity index is 0.00000164. The minimum atomic E-state index is 0.0230. The van der Waals surface area contributed by atoms with Crippen molar-refractivity contribution in [2.75, 3.05) is 7.11 Å². The number of methoxy groups -OCH3 is 1. The van der Waals surface area contributed by atoms with Crippen LogP contribution in [0.1, 0.15) is 21.5 Å². The molecule has 0 fully saturated rings. The number of hydrogen-bond acceptors (Lipinski definition) is 4. The summed E-state index contributed by atoms with van der Waals surface area (Å²) in [5, 5.41) is 0. The summed E-state index contributed by atoms with van der Waals surface area (Å²) in [6, 6.07) is 39.3. The summed E-state index contributed by atoms with van der Waals surface area (Å²) in [7, 11) is 1.67. The molecule has 0 spiro atoms. The minimum absolute atomic E-state index is 0.0230. The highest BCUT2D eigenvalue weighted by Crippen LogP contribution is 2.29. The van der Waals surface area contributed by atoms with Gasteiger partial charge in [-0.05, 0) is 71.6 Å². The summed E-state index contributed by atoms with van der Waals surface area (Å²) >= 11 is 0. The smallest absolute Gasteiger partial charge is 0.193 e. The van der Waals surface area contributed by atoms with Crippen LogP contribution in [0.2, 0.25) is 0 Å². The van der Waals surface area contributed by atoms with Gasteiger partial charge >= 0.3 is 0 Å². The number of aryl methyl sites for hydroxylation is 1. The van der Waals surface area contributed by atoms with Crippen LogP contribution in [0, 0.1) is 6.92 Å². The first-order chi connectivity index (χ1) is 18.6. The molecule has 0 amide bonds. The van der Waals surface area contributed by atoms with E-state index in [1.54, 1.807) is 7.11 Å². The Morgan fingerprint density at radius 1 is 0.553 bits per heavy atom. The molecule has 0 heterocycles. The summed E-state index contributed by atoms with van der Waals surface area (Å²) in [5.74, 6) is 2.38. The molecule has 0 bridgehead atoms. The highest BCUT2D eigenvalue weighted by Gasteiger charge is 2.10. The van der Waals surface area contributed by atoms with Crippen LogP contribution in [0.5, 0.6) is 17.2 Å². The molecule has 0 aliphatic carbocycles. The van der Waals surface area contributed by atoms with Gasteiger partial charge in [0, 0.05) is 11.1 Å². The van der Waals surface area contributed by atoms with Gasteiger partial charge in [-0.15, -0.1) is 0 Å². The van der Waals surface area contributed by atoms with Crippen molar-refractivity contribution in [1.29, 1.82) is 0 Å². The molecule has 5 aromatic carbocycles. The van der Waals surface area contributed by atoms with Crippen LogP contribution in [0.4, 0.5) is 0 Å². The van der Waals surface area contributed by atoms with Crippen molar-refractivity contribution in [1.82, 2.24) is 0 Å². The van der Waals surface area contributed by atoms with Gasteiger partial charge in [0.05, 0.1) is 7.11 Å². The third-order valence-electron chi connectivity index (χ3n) is 6.14. The maximum atomic E-state index is 12.9. The molecule has 0 saturated heterocycles. The van der Waals surface area contributed by atoms with Gasteiger partial charge in [-0.3, -0.25) is 4.79 Å². The molecular formula is C34H28O4. The topological polar surface area (TPSA) is 52.6 Å². The molecule has 5 rings (SSSR count). The van der Waals surface area contributed by atoms with Crippen LogP contribution >= 0.6 is 0 Å². The van der Waals surface area contributed by atoms with Crippen molar-refractivity contribution < 1.29 is 19.1 Å². The molecule has 0 unspecified atom stereocenters. The number of carbonyl (C=O) groups excluding carboxylic acids is 2. The van der Waals surface area contributed by atoms with Crippen molar-refractivity contribution in [3.8, 4) is 39.5 Å². The van der Waals surface area contributed by atoms with Crippen LogP contribution in [-0.2, 0) is 4.79 Å². The van der Waals surface area contributed by atoms with Gasteiger partial charge in [-0.25, -0.2) is 0 Å². The highest BCUT2D eigenvalue weighted by molar-refractivity contribution is 6.09. The lowest BCUT2D eigenvalue weighted by molar-refractivity contribution is -0.0980. The van der Waals surface area contributed by atoms with Crippen LogP contribution in [-0.4, -0.2) is 19.7 Å². The van der Waals surface area contributed by atoms with E-state index in [1.165, 1.54) is 0 Å². The molecular weight excluding hydrogens is 472 g/mol. The third kappa shape index (κ3) is 6.23. The van der Waals surface area contributed by atoms with E-state index in [1.807, 2.05) is 135 Å². The van der Waals surface area contributed by atoms with Crippen molar-refractivity contribution >= 4 is 12.6 Å². The lowest BCUT2D eigenvalue weighted by Gasteiger charge is -2.09. The fraction of sp³-hybridized carbons (Fsp3) is 0.0588. The number of rotatable bonds is 7. The van der Waals surface area contributed by atoms with Crippen LogP contribution in [0.3, 0.4) is 0 Å². The van der Waals surface area contributed by atoms with Crippen LogP contribution in [0.15, 0.2) is 121 Å². The number of ether oxygens (including phenoxy) is 2. The molecule has 4 heteroatoms. The van der Waals surface area contributed by atoms with E-state index in [0.29, 0.717) is 11.1 Å². The number of benzene rings is 5. The molecule has 5 aromatic rings. The zero-order valence-electron chi connectivity index (χ0n) is 21.4. The summed E-state index contributed by atoms with van der Waals surface area (Å²) in [5.41, 5.74) is 6.75. The van der Waals surface area contributed by atoms with E-state index < -0.39 is 0 Å². The summed E-state index contributed by atoms with van der Waals surface area (Å²) in [6.07, 6.45) is 0. The van der Waals surface area contributed by atoms with Gasteiger partial charge in [0.1, 0.15) is 24.0 Å². The second kappa shape index (κ2) is 12.3. The number of hydrogen-bond donors (Lipinski definition) is 0. The van der Waals surface area contributed by atoms with E-state index in [0.717, 1.165) is 45.1 Å². The molecule has 188 valence electrons. The summed E-state index contributed by atoms with van der Waals surface area (Å²) < 4.78 is 11.3. The zero-order chi connectivity index (χ0) is 26.9. The first kappa shape index (κ1) is 26.1. The lowest BCUT2D eigenvalue weighted by atomic mass is 9.98. The van der Waals surface area contributed by atoms with Crippen molar-refractivity contribution in [3.05, 3.63) is 138 Å². The van der Waals surface area contributed by atoms with Crippen molar-refractivity contribution in [2.45, 2.75) is 6.92 Å². The second-order valence-corrected chi connectivity index (χ2v) is 8.66. The van der Waals surface area contributed by atoms with E-state index >= 15 is 0 Å². The molecule has 0 atom stereocenters. The van der Waals surface area contributed by atoms with Crippen molar-refractivity contribution in [2.24, 2.45) is 0 Å². The Labute approximate surface area is 223 Å². The molecule has 0 aliphatic heterocycles. The first-order valence-corrected chi connectivity index (χ1v) is 12.1. The maximum Gasteiger partial charge on any atom is 0.193 e. The first-order valence-electron chi connectivity index (χ1n) is 12.1. The average molecular weight is 501 g/mol. The Morgan fingerprint density at radius 2 is 1.03 bits per heavy atom. The Morgan fingerprint density at radius 3 is 1.53 bits per heavy atom. The minimum Gasteiger partial charge on any atom is -0.497 e. The Bertz CT molecular complexity index is 1480. The molecule has 38 heavy (non-hydrogen) atoms.